The Bertz CT molecular complexity index is 344. The van der Waals surface area contributed by atoms with Crippen molar-refractivity contribution >= 4 is 5.97 Å². The van der Waals surface area contributed by atoms with E-state index in [1.165, 1.54) is 0 Å². The maximum absolute atomic E-state index is 10.9. The van der Waals surface area contributed by atoms with Crippen molar-refractivity contribution in [2.45, 2.75) is 31.2 Å². The molecule has 0 spiro atoms. The Hall–Kier alpha value is -1.35. The van der Waals surface area contributed by atoms with Crippen LogP contribution in [0.4, 0.5) is 0 Å². The first-order chi connectivity index (χ1) is 7.77. The number of aliphatic carboxylic acids is 1. The fourth-order valence-corrected chi connectivity index (χ4v) is 2.44. The van der Waals surface area contributed by atoms with Gasteiger partial charge in [0.15, 0.2) is 0 Å². The summed E-state index contributed by atoms with van der Waals surface area (Å²) in [5.74, 6) is -0.622. The van der Waals surface area contributed by atoms with Gasteiger partial charge in [-0.1, -0.05) is 30.3 Å². The summed E-state index contributed by atoms with van der Waals surface area (Å²) in [5.41, 5.74) is 1.13. The summed E-state index contributed by atoms with van der Waals surface area (Å²) in [5, 5.41) is 12.4. The number of hydrogen-bond acceptors (Lipinski definition) is 2. The molecular weight excluding hydrogens is 202 g/mol. The molecule has 0 aromatic heterocycles. The molecule has 16 heavy (non-hydrogen) atoms. The number of carboxylic acids is 1. The first kappa shape index (κ1) is 11.1. The van der Waals surface area contributed by atoms with Gasteiger partial charge in [-0.15, -0.1) is 0 Å². The Kier molecular flexibility index (Phi) is 3.57. The van der Waals surface area contributed by atoms with Crippen LogP contribution >= 0.6 is 0 Å². The number of hydrogen-bond donors (Lipinski definition) is 2. The lowest BCUT2D eigenvalue weighted by Crippen LogP contribution is -2.30. The molecule has 3 nitrogen and oxygen atoms in total. The number of benzene rings is 1. The number of carbonyl (C=O) groups is 1. The summed E-state index contributed by atoms with van der Waals surface area (Å²) < 4.78 is 0. The minimum Gasteiger partial charge on any atom is -0.481 e. The standard InChI is InChI=1S/C13H17NO2/c15-13(16)9-11(12-7-4-8-14-12)10-5-2-1-3-6-10/h1-3,5-6,11-12,14H,4,7-9H2,(H,15,16)/t11-,12-/m0/s1. The highest BCUT2D eigenvalue weighted by atomic mass is 16.4. The fraction of sp³-hybridized carbons (Fsp3) is 0.462. The van der Waals surface area contributed by atoms with Crippen molar-refractivity contribution in [1.82, 2.24) is 5.32 Å². The van der Waals surface area contributed by atoms with Crippen molar-refractivity contribution < 1.29 is 9.90 Å². The van der Waals surface area contributed by atoms with Crippen LogP contribution in [-0.2, 0) is 4.79 Å². The quantitative estimate of drug-likeness (QED) is 0.814. The second kappa shape index (κ2) is 5.12. The van der Waals surface area contributed by atoms with Gasteiger partial charge in [-0.3, -0.25) is 4.79 Å². The molecule has 3 heteroatoms. The maximum Gasteiger partial charge on any atom is 0.304 e. The maximum atomic E-state index is 10.9. The summed E-state index contributed by atoms with van der Waals surface area (Å²) >= 11 is 0. The second-order valence-electron chi connectivity index (χ2n) is 4.32. The predicted molar refractivity (Wildman–Crippen MR) is 62.5 cm³/mol. The van der Waals surface area contributed by atoms with Crippen LogP contribution in [0.1, 0.15) is 30.7 Å². The van der Waals surface area contributed by atoms with Crippen LogP contribution in [0.25, 0.3) is 0 Å². The van der Waals surface area contributed by atoms with Crippen molar-refractivity contribution in [2.24, 2.45) is 0 Å². The Morgan fingerprint density at radius 3 is 2.75 bits per heavy atom. The van der Waals surface area contributed by atoms with E-state index in [4.69, 9.17) is 5.11 Å². The summed E-state index contributed by atoms with van der Waals surface area (Å²) in [6, 6.07) is 10.3. The van der Waals surface area contributed by atoms with E-state index in [-0.39, 0.29) is 12.3 Å². The SMILES string of the molecule is O=C(O)C[C@@H](c1ccccc1)[C@@H]1CCCN1. The van der Waals surface area contributed by atoms with E-state index < -0.39 is 5.97 Å². The Labute approximate surface area is 95.5 Å². The highest BCUT2D eigenvalue weighted by molar-refractivity contribution is 5.68. The highest BCUT2D eigenvalue weighted by Gasteiger charge is 2.27. The van der Waals surface area contributed by atoms with E-state index in [0.717, 1.165) is 24.9 Å². The zero-order chi connectivity index (χ0) is 11.4. The van der Waals surface area contributed by atoms with Crippen LogP contribution in [0.5, 0.6) is 0 Å². The van der Waals surface area contributed by atoms with Crippen LogP contribution in [0.15, 0.2) is 30.3 Å². The van der Waals surface area contributed by atoms with Gasteiger partial charge in [0.2, 0.25) is 0 Å². The molecule has 86 valence electrons. The molecule has 2 N–H and O–H groups in total. The average molecular weight is 219 g/mol. The van der Waals surface area contributed by atoms with E-state index in [2.05, 4.69) is 5.32 Å². The smallest absolute Gasteiger partial charge is 0.304 e. The topological polar surface area (TPSA) is 49.3 Å². The molecule has 1 aromatic carbocycles. The molecule has 0 unspecified atom stereocenters. The average Bonchev–Trinajstić information content (AvgIpc) is 2.80. The number of nitrogens with one attached hydrogen (secondary N) is 1. The summed E-state index contributed by atoms with van der Waals surface area (Å²) in [4.78, 5) is 10.9. The molecule has 1 aromatic rings. The van der Waals surface area contributed by atoms with Gasteiger partial charge in [0.05, 0.1) is 6.42 Å². The fourth-order valence-electron chi connectivity index (χ4n) is 2.44. The molecule has 0 bridgehead atoms. The summed E-state index contributed by atoms with van der Waals surface area (Å²) in [6.07, 6.45) is 2.43. The van der Waals surface area contributed by atoms with Gasteiger partial charge in [0.1, 0.15) is 0 Å². The summed E-state index contributed by atoms with van der Waals surface area (Å²) in [7, 11) is 0. The third kappa shape index (κ3) is 2.61. The Balaban J connectivity index is 2.16. The van der Waals surface area contributed by atoms with Crippen LogP contribution in [0, 0.1) is 0 Å². The van der Waals surface area contributed by atoms with Crippen LogP contribution in [-0.4, -0.2) is 23.7 Å². The molecule has 2 atom stereocenters. The van der Waals surface area contributed by atoms with E-state index in [1.807, 2.05) is 30.3 Å². The minimum absolute atomic E-state index is 0.0983. The number of rotatable bonds is 4. The van der Waals surface area contributed by atoms with E-state index >= 15 is 0 Å². The van der Waals surface area contributed by atoms with Crippen molar-refractivity contribution in [1.29, 1.82) is 0 Å². The van der Waals surface area contributed by atoms with Crippen molar-refractivity contribution in [3.63, 3.8) is 0 Å². The van der Waals surface area contributed by atoms with Gasteiger partial charge in [-0.25, -0.2) is 0 Å². The van der Waals surface area contributed by atoms with Crippen LogP contribution < -0.4 is 5.32 Å². The minimum atomic E-state index is -0.720. The molecule has 2 rings (SSSR count). The van der Waals surface area contributed by atoms with Gasteiger partial charge < -0.3 is 10.4 Å². The van der Waals surface area contributed by atoms with E-state index in [1.54, 1.807) is 0 Å². The largest absolute Gasteiger partial charge is 0.481 e. The zero-order valence-corrected chi connectivity index (χ0v) is 9.23. The molecular formula is C13H17NO2. The van der Waals surface area contributed by atoms with Crippen molar-refractivity contribution in [3.8, 4) is 0 Å². The molecule has 0 saturated carbocycles. The van der Waals surface area contributed by atoms with Gasteiger partial charge in [0.25, 0.3) is 0 Å². The first-order valence-corrected chi connectivity index (χ1v) is 5.77. The van der Waals surface area contributed by atoms with Crippen LogP contribution in [0.3, 0.4) is 0 Å². The zero-order valence-electron chi connectivity index (χ0n) is 9.23. The Morgan fingerprint density at radius 2 is 2.19 bits per heavy atom. The van der Waals surface area contributed by atoms with Gasteiger partial charge in [-0.2, -0.15) is 0 Å². The number of carboxylic acid groups (broad SMARTS) is 1. The van der Waals surface area contributed by atoms with Gasteiger partial charge >= 0.3 is 5.97 Å². The molecule has 0 radical (unpaired) electrons. The molecule has 1 saturated heterocycles. The lowest BCUT2D eigenvalue weighted by atomic mass is 9.88. The Morgan fingerprint density at radius 1 is 1.44 bits per heavy atom. The normalized spacial score (nSPS) is 21.9. The molecule has 0 amide bonds. The van der Waals surface area contributed by atoms with E-state index in [9.17, 15) is 4.79 Å². The lowest BCUT2D eigenvalue weighted by Gasteiger charge is -2.22. The second-order valence-corrected chi connectivity index (χ2v) is 4.32. The molecule has 1 fully saturated rings. The van der Waals surface area contributed by atoms with Gasteiger partial charge in [-0.05, 0) is 24.9 Å². The molecule has 1 aliphatic rings. The predicted octanol–water partition coefficient (Wildman–Crippen LogP) is 2.00. The lowest BCUT2D eigenvalue weighted by molar-refractivity contribution is -0.137. The first-order valence-electron chi connectivity index (χ1n) is 5.77. The molecule has 1 aliphatic heterocycles. The highest BCUT2D eigenvalue weighted by Crippen LogP contribution is 2.28. The van der Waals surface area contributed by atoms with Gasteiger partial charge in [0, 0.05) is 12.0 Å². The molecule has 1 heterocycles. The van der Waals surface area contributed by atoms with Crippen LogP contribution in [0.2, 0.25) is 0 Å². The van der Waals surface area contributed by atoms with E-state index in [0.29, 0.717) is 6.04 Å². The monoisotopic (exact) mass is 219 g/mol. The van der Waals surface area contributed by atoms with Crippen molar-refractivity contribution in [2.75, 3.05) is 6.54 Å². The third-order valence-electron chi connectivity index (χ3n) is 3.21. The van der Waals surface area contributed by atoms with Crippen molar-refractivity contribution in [3.05, 3.63) is 35.9 Å². The third-order valence-corrected chi connectivity index (χ3v) is 3.21. The molecule has 0 aliphatic carbocycles. The summed E-state index contributed by atoms with van der Waals surface area (Å²) in [6.45, 7) is 1.01.